The molecule has 0 spiro atoms. The first kappa shape index (κ1) is 22.8. The number of carbonyl (C=O) groups excluding carboxylic acids is 3. The summed E-state index contributed by atoms with van der Waals surface area (Å²) in [5.41, 5.74) is 1.92. The molecule has 154 valence electrons. The van der Waals surface area contributed by atoms with Gasteiger partial charge in [-0.25, -0.2) is 0 Å². The number of halogens is 2. The number of imide groups is 1. The summed E-state index contributed by atoms with van der Waals surface area (Å²) < 4.78 is 0. The molecule has 3 heterocycles. The van der Waals surface area contributed by atoms with Gasteiger partial charge < -0.3 is 10.2 Å². The van der Waals surface area contributed by atoms with Crippen LogP contribution in [0.5, 0.6) is 0 Å². The Kier molecular flexibility index (Phi) is 7.73. The van der Waals surface area contributed by atoms with E-state index in [0.717, 1.165) is 25.1 Å². The maximum Gasteiger partial charge on any atom is 0.261 e. The number of pyridine rings is 1. The Bertz CT molecular complexity index is 900. The fourth-order valence-electron chi connectivity index (χ4n) is 3.47. The molecule has 2 aliphatic heterocycles. The van der Waals surface area contributed by atoms with Gasteiger partial charge in [-0.05, 0) is 48.9 Å². The van der Waals surface area contributed by atoms with Crippen LogP contribution in [0.2, 0.25) is 0 Å². The van der Waals surface area contributed by atoms with E-state index in [9.17, 15) is 14.4 Å². The summed E-state index contributed by atoms with van der Waals surface area (Å²) in [6.45, 7) is 3.16. The van der Waals surface area contributed by atoms with E-state index in [-0.39, 0.29) is 49.1 Å². The van der Waals surface area contributed by atoms with Crippen molar-refractivity contribution in [2.75, 3.05) is 26.2 Å². The largest absolute Gasteiger partial charge is 0.337 e. The number of rotatable bonds is 3. The van der Waals surface area contributed by atoms with Crippen molar-refractivity contribution in [2.24, 2.45) is 0 Å². The Morgan fingerprint density at radius 2 is 1.69 bits per heavy atom. The molecule has 1 fully saturated rings. The number of nitrogens with one attached hydrogen (secondary N) is 1. The van der Waals surface area contributed by atoms with Gasteiger partial charge in [0.15, 0.2) is 0 Å². The summed E-state index contributed by atoms with van der Waals surface area (Å²) in [4.78, 5) is 45.1. The molecule has 1 aromatic heterocycles. The van der Waals surface area contributed by atoms with E-state index in [1.807, 2.05) is 0 Å². The number of hydrogen-bond acceptors (Lipinski definition) is 5. The maximum atomic E-state index is 12.8. The zero-order chi connectivity index (χ0) is 18.8. The van der Waals surface area contributed by atoms with E-state index in [0.29, 0.717) is 29.8 Å². The van der Waals surface area contributed by atoms with E-state index in [2.05, 4.69) is 10.3 Å². The van der Waals surface area contributed by atoms with Crippen LogP contribution in [-0.4, -0.2) is 58.7 Å². The Hall–Kier alpha value is -2.48. The molecule has 7 nitrogen and oxygen atoms in total. The summed E-state index contributed by atoms with van der Waals surface area (Å²) >= 11 is 0. The van der Waals surface area contributed by atoms with Gasteiger partial charge in [-0.2, -0.15) is 0 Å². The van der Waals surface area contributed by atoms with E-state index >= 15 is 0 Å². The molecule has 1 aromatic carbocycles. The van der Waals surface area contributed by atoms with Crippen LogP contribution in [0.4, 0.5) is 0 Å². The average Bonchev–Trinajstić information content (AvgIpc) is 2.91. The minimum Gasteiger partial charge on any atom is -0.337 e. The zero-order valence-electron chi connectivity index (χ0n) is 15.7. The highest BCUT2D eigenvalue weighted by Gasteiger charge is 2.36. The highest BCUT2D eigenvalue weighted by atomic mass is 35.5. The molecule has 2 aliphatic rings. The number of benzene rings is 1. The zero-order valence-corrected chi connectivity index (χ0v) is 17.3. The van der Waals surface area contributed by atoms with E-state index in [4.69, 9.17) is 0 Å². The molecule has 0 radical (unpaired) electrons. The second-order valence-electron chi connectivity index (χ2n) is 6.71. The fourth-order valence-corrected chi connectivity index (χ4v) is 3.47. The Morgan fingerprint density at radius 1 is 0.966 bits per heavy atom. The quantitative estimate of drug-likeness (QED) is 0.745. The van der Waals surface area contributed by atoms with E-state index in [1.165, 1.54) is 4.90 Å². The lowest BCUT2D eigenvalue weighted by molar-refractivity contribution is 0.0642. The Labute approximate surface area is 181 Å². The molecule has 4 rings (SSSR count). The molecule has 1 N–H and O–H groups in total. The number of amides is 3. The standard InChI is InChI=1S/C20H20N4O3.2ClH/c25-18(23-10-1-6-21-9-11-23)15-2-3-16-17(12-15)20(27)24(19(16)26)13-14-4-7-22-8-5-14;;/h2-5,7-8,12,21H,1,6,9-11,13H2;2*1H. The number of aromatic nitrogens is 1. The van der Waals surface area contributed by atoms with Gasteiger partial charge in [-0.1, -0.05) is 0 Å². The van der Waals surface area contributed by atoms with Crippen LogP contribution in [0.3, 0.4) is 0 Å². The molecule has 0 saturated carbocycles. The van der Waals surface area contributed by atoms with Gasteiger partial charge in [0.2, 0.25) is 0 Å². The summed E-state index contributed by atoms with van der Waals surface area (Å²) in [7, 11) is 0. The van der Waals surface area contributed by atoms with E-state index in [1.54, 1.807) is 47.6 Å². The first-order valence-electron chi connectivity index (χ1n) is 9.04. The van der Waals surface area contributed by atoms with Gasteiger partial charge in [-0.15, -0.1) is 24.8 Å². The second kappa shape index (κ2) is 9.82. The number of nitrogens with zero attached hydrogens (tertiary/aromatic N) is 3. The Balaban J connectivity index is 0.00000150. The molecule has 29 heavy (non-hydrogen) atoms. The molecule has 3 amide bonds. The first-order valence-corrected chi connectivity index (χ1v) is 9.04. The third-order valence-corrected chi connectivity index (χ3v) is 4.93. The molecule has 9 heteroatoms. The highest BCUT2D eigenvalue weighted by molar-refractivity contribution is 6.22. The van der Waals surface area contributed by atoms with Crippen LogP contribution in [-0.2, 0) is 6.54 Å². The van der Waals surface area contributed by atoms with Crippen LogP contribution in [0, 0.1) is 0 Å². The number of carbonyl (C=O) groups is 3. The van der Waals surface area contributed by atoms with Crippen LogP contribution in [0.15, 0.2) is 42.7 Å². The topological polar surface area (TPSA) is 82.6 Å². The first-order chi connectivity index (χ1) is 13.1. The second-order valence-corrected chi connectivity index (χ2v) is 6.71. The molecule has 0 atom stereocenters. The third kappa shape index (κ3) is 4.58. The number of hydrogen-bond donors (Lipinski definition) is 1. The smallest absolute Gasteiger partial charge is 0.261 e. The predicted molar refractivity (Wildman–Crippen MR) is 113 cm³/mol. The maximum absolute atomic E-state index is 12.8. The monoisotopic (exact) mass is 436 g/mol. The van der Waals surface area contributed by atoms with Gasteiger partial charge in [0.1, 0.15) is 0 Å². The SMILES string of the molecule is Cl.Cl.O=C(c1ccc2c(c1)C(=O)N(Cc1ccncc1)C2=O)N1CCCNCC1. The van der Waals surface area contributed by atoms with Gasteiger partial charge in [0.05, 0.1) is 17.7 Å². The lowest BCUT2D eigenvalue weighted by Crippen LogP contribution is -2.34. The van der Waals surface area contributed by atoms with E-state index < -0.39 is 0 Å². The van der Waals surface area contributed by atoms with Gasteiger partial charge >= 0.3 is 0 Å². The van der Waals surface area contributed by atoms with Crippen molar-refractivity contribution in [2.45, 2.75) is 13.0 Å². The molecule has 0 aliphatic carbocycles. The van der Waals surface area contributed by atoms with Gasteiger partial charge in [-0.3, -0.25) is 24.3 Å². The van der Waals surface area contributed by atoms with Crippen molar-refractivity contribution in [1.29, 1.82) is 0 Å². The fraction of sp³-hybridized carbons (Fsp3) is 0.300. The van der Waals surface area contributed by atoms with Crippen molar-refractivity contribution in [3.8, 4) is 0 Å². The van der Waals surface area contributed by atoms with Crippen LogP contribution in [0.1, 0.15) is 43.1 Å². The van der Waals surface area contributed by atoms with Crippen molar-refractivity contribution in [1.82, 2.24) is 20.1 Å². The minimum absolute atomic E-state index is 0. The van der Waals surface area contributed by atoms with Gasteiger partial charge in [0, 0.05) is 37.6 Å². The molecule has 2 aromatic rings. The summed E-state index contributed by atoms with van der Waals surface area (Å²) in [5, 5.41) is 3.26. The minimum atomic E-state index is -0.362. The lowest BCUT2D eigenvalue weighted by atomic mass is 10.0. The molecular weight excluding hydrogens is 415 g/mol. The molecule has 0 unspecified atom stereocenters. The molecule has 1 saturated heterocycles. The van der Waals surface area contributed by atoms with Crippen molar-refractivity contribution in [3.63, 3.8) is 0 Å². The average molecular weight is 437 g/mol. The molecule has 0 bridgehead atoms. The van der Waals surface area contributed by atoms with Gasteiger partial charge in [0.25, 0.3) is 17.7 Å². The number of fused-ring (bicyclic) bond motifs is 1. The Morgan fingerprint density at radius 3 is 2.45 bits per heavy atom. The third-order valence-electron chi connectivity index (χ3n) is 4.93. The van der Waals surface area contributed by atoms with Crippen molar-refractivity contribution >= 4 is 42.5 Å². The van der Waals surface area contributed by atoms with Crippen LogP contribution in [0.25, 0.3) is 0 Å². The summed E-state index contributed by atoms with van der Waals surface area (Å²) in [6, 6.07) is 8.33. The normalized spacial score (nSPS) is 15.9. The summed E-state index contributed by atoms with van der Waals surface area (Å²) in [6.07, 6.45) is 4.15. The molecular formula is C20H22Cl2N4O3. The van der Waals surface area contributed by atoms with Crippen molar-refractivity contribution in [3.05, 3.63) is 65.0 Å². The van der Waals surface area contributed by atoms with Crippen molar-refractivity contribution < 1.29 is 14.4 Å². The predicted octanol–water partition coefficient (Wildman–Crippen LogP) is 2.16. The van der Waals surface area contributed by atoms with Crippen LogP contribution < -0.4 is 5.32 Å². The van der Waals surface area contributed by atoms with Crippen LogP contribution >= 0.6 is 24.8 Å². The lowest BCUT2D eigenvalue weighted by Gasteiger charge is -2.20. The summed E-state index contributed by atoms with van der Waals surface area (Å²) in [5.74, 6) is -0.793. The highest BCUT2D eigenvalue weighted by Crippen LogP contribution is 2.26.